The molecule has 0 bridgehead atoms. The van der Waals surface area contributed by atoms with Gasteiger partial charge in [-0.2, -0.15) is 4.57 Å². The summed E-state index contributed by atoms with van der Waals surface area (Å²) in [6.07, 6.45) is 4.94. The van der Waals surface area contributed by atoms with E-state index in [4.69, 9.17) is 10.6 Å². The van der Waals surface area contributed by atoms with Gasteiger partial charge in [0.1, 0.15) is 24.2 Å². The summed E-state index contributed by atoms with van der Waals surface area (Å²) in [5.74, 6) is -2.21. The Kier molecular flexibility index (Phi) is 6.19. The molecule has 3 N–H and O–H groups in total. The minimum absolute atomic E-state index is 0.120. The predicted octanol–water partition coefficient (Wildman–Crippen LogP) is -1.04. The number of thioether (sulfide) groups is 1. The molecule has 13 heteroatoms. The van der Waals surface area contributed by atoms with E-state index in [1.54, 1.807) is 5.38 Å². The van der Waals surface area contributed by atoms with Gasteiger partial charge in [-0.1, -0.05) is 5.16 Å². The lowest BCUT2D eigenvalue weighted by atomic mass is 10.0. The highest BCUT2D eigenvalue weighted by Gasteiger charge is 2.53. The molecule has 3 aliphatic rings. The fourth-order valence-corrected chi connectivity index (χ4v) is 6.54. The van der Waals surface area contributed by atoms with Gasteiger partial charge in [-0.3, -0.25) is 14.5 Å². The lowest BCUT2D eigenvalue weighted by Crippen LogP contribution is -2.71. The Hall–Kier alpha value is -3.45. The number of nitrogen functional groups attached to an aromatic ring is 1. The maximum atomic E-state index is 13.0. The molecule has 182 valence electrons. The molecule has 0 aromatic carbocycles. The average Bonchev–Trinajstić information content (AvgIpc) is 3.49. The van der Waals surface area contributed by atoms with Crippen molar-refractivity contribution in [2.45, 2.75) is 37.2 Å². The molecule has 4 heterocycles. The predicted molar refractivity (Wildman–Crippen MR) is 126 cm³/mol. The molecule has 1 aliphatic carbocycles. The van der Waals surface area contributed by atoms with Crippen molar-refractivity contribution < 1.29 is 28.9 Å². The van der Waals surface area contributed by atoms with Crippen LogP contribution in [0.25, 0.3) is 0 Å². The van der Waals surface area contributed by atoms with Crippen LogP contribution in [0, 0.1) is 0 Å². The van der Waals surface area contributed by atoms with Crippen LogP contribution in [-0.2, 0) is 38.6 Å². The van der Waals surface area contributed by atoms with E-state index in [2.05, 4.69) is 26.1 Å². The van der Waals surface area contributed by atoms with Crippen molar-refractivity contribution in [2.75, 3.05) is 18.6 Å². The number of nitrogens with zero attached hydrogens (tertiary/aromatic N) is 4. The fourth-order valence-electron chi connectivity index (χ4n) is 4.66. The number of carboxylic acids is 1. The van der Waals surface area contributed by atoms with Crippen LogP contribution in [-0.4, -0.2) is 57.7 Å². The summed E-state index contributed by atoms with van der Waals surface area (Å²) >= 11 is 2.53. The number of hydrogen-bond acceptors (Lipinski definition) is 10. The number of fused-ring (bicyclic) bond motifs is 2. The van der Waals surface area contributed by atoms with E-state index in [9.17, 15) is 19.5 Å². The average molecular weight is 515 g/mol. The normalized spacial score (nSPS) is 21.3. The number of carbonyl (C=O) groups is 3. The van der Waals surface area contributed by atoms with E-state index in [-0.39, 0.29) is 22.2 Å². The summed E-state index contributed by atoms with van der Waals surface area (Å²) in [4.78, 5) is 48.0. The number of nitrogens with two attached hydrogens (primary N) is 1. The second kappa shape index (κ2) is 9.30. The first-order valence-electron chi connectivity index (χ1n) is 10.9. The Morgan fingerprint density at radius 2 is 2.26 bits per heavy atom. The molecule has 1 fully saturated rings. The molecule has 1 saturated heterocycles. The Morgan fingerprint density at radius 1 is 1.43 bits per heavy atom. The molecule has 35 heavy (non-hydrogen) atoms. The molecule has 0 unspecified atom stereocenters. The Morgan fingerprint density at radius 3 is 2.97 bits per heavy atom. The monoisotopic (exact) mass is 514 g/mol. The molecular formula is C22H22N6O5S2. The van der Waals surface area contributed by atoms with Crippen LogP contribution >= 0.6 is 23.1 Å². The Bertz CT molecular complexity index is 1290. The van der Waals surface area contributed by atoms with Gasteiger partial charge in [0.05, 0.1) is 11.7 Å². The number of pyridine rings is 1. The summed E-state index contributed by atoms with van der Waals surface area (Å²) in [5.41, 5.74) is 8.69. The molecule has 0 saturated carbocycles. The lowest BCUT2D eigenvalue weighted by molar-refractivity contribution is -0.696. The third kappa shape index (κ3) is 4.14. The van der Waals surface area contributed by atoms with Gasteiger partial charge in [0.15, 0.2) is 29.3 Å². The van der Waals surface area contributed by atoms with Crippen LogP contribution in [0.1, 0.15) is 23.4 Å². The number of thiazole rings is 1. The van der Waals surface area contributed by atoms with Crippen LogP contribution in [0.4, 0.5) is 5.13 Å². The molecule has 2 atom stereocenters. The van der Waals surface area contributed by atoms with Gasteiger partial charge in [-0.15, -0.1) is 23.1 Å². The van der Waals surface area contributed by atoms with Crippen molar-refractivity contribution in [3.05, 3.63) is 51.9 Å². The summed E-state index contributed by atoms with van der Waals surface area (Å²) in [6.45, 7) is 0.364. The smallest absolute Gasteiger partial charge is 0.276 e. The molecule has 2 aromatic heterocycles. The first-order valence-corrected chi connectivity index (χ1v) is 12.8. The number of hydrogen-bond donors (Lipinski definition) is 2. The minimum Gasteiger partial charge on any atom is -0.543 e. The Balaban J connectivity index is 1.36. The van der Waals surface area contributed by atoms with E-state index in [1.165, 1.54) is 35.0 Å². The molecule has 2 aliphatic heterocycles. The molecule has 0 spiro atoms. The van der Waals surface area contributed by atoms with Crippen LogP contribution in [0.2, 0.25) is 0 Å². The number of carboxylic acid groups (broad SMARTS) is 1. The quantitative estimate of drug-likeness (QED) is 0.206. The first kappa shape index (κ1) is 23.3. The summed E-state index contributed by atoms with van der Waals surface area (Å²) in [6, 6.07) is 3.12. The van der Waals surface area contributed by atoms with E-state index in [0.717, 1.165) is 30.6 Å². The van der Waals surface area contributed by atoms with Crippen molar-refractivity contribution in [3.63, 3.8) is 0 Å². The third-order valence-corrected chi connectivity index (χ3v) is 8.20. The van der Waals surface area contributed by atoms with E-state index in [1.807, 2.05) is 12.3 Å². The highest BCUT2D eigenvalue weighted by atomic mass is 32.2. The van der Waals surface area contributed by atoms with Crippen molar-refractivity contribution in [1.82, 2.24) is 15.2 Å². The zero-order valence-corrected chi connectivity index (χ0v) is 20.4. The van der Waals surface area contributed by atoms with Crippen molar-refractivity contribution in [2.24, 2.45) is 5.16 Å². The minimum atomic E-state index is -1.41. The number of carbonyl (C=O) groups excluding carboxylic acids is 3. The standard InChI is InChI=1S/C22H22N6O5S2/c1-33-26-15(13-10-35-22(23)24-13)18(29)25-16-19(30)28-17(21(31)32)12(9-34-20(16)28)8-27-7-3-5-11-4-2-6-14(11)27/h3,5,7,10,16,20H,2,4,6,8-9H2,1H3,(H3-,23,24,25,29,31,32)/b26-15+/t16-,20-/m0/s1. The van der Waals surface area contributed by atoms with Gasteiger partial charge in [0.2, 0.25) is 0 Å². The molecule has 5 rings (SSSR count). The van der Waals surface area contributed by atoms with Gasteiger partial charge in [0, 0.05) is 34.8 Å². The second-order valence-corrected chi connectivity index (χ2v) is 10.3. The number of oxime groups is 1. The van der Waals surface area contributed by atoms with Crippen LogP contribution < -0.4 is 20.7 Å². The largest absolute Gasteiger partial charge is 0.543 e. The number of nitrogens with one attached hydrogen (secondary N) is 1. The zero-order valence-electron chi connectivity index (χ0n) is 18.7. The number of anilines is 1. The van der Waals surface area contributed by atoms with Gasteiger partial charge < -0.3 is 25.8 Å². The summed E-state index contributed by atoms with van der Waals surface area (Å²) < 4.78 is 2.05. The fraction of sp³-hybridized carbons (Fsp3) is 0.364. The van der Waals surface area contributed by atoms with Crippen LogP contribution in [0.15, 0.2) is 40.1 Å². The number of amides is 2. The highest BCUT2D eigenvalue weighted by Crippen LogP contribution is 2.40. The van der Waals surface area contributed by atoms with Crippen molar-refractivity contribution >= 4 is 51.7 Å². The van der Waals surface area contributed by atoms with Gasteiger partial charge in [-0.05, 0) is 18.9 Å². The number of aliphatic carboxylic acids is 1. The molecule has 2 aromatic rings. The maximum Gasteiger partial charge on any atom is 0.276 e. The van der Waals surface area contributed by atoms with E-state index in [0.29, 0.717) is 17.9 Å². The van der Waals surface area contributed by atoms with E-state index >= 15 is 0 Å². The number of aryl methyl sites for hydroxylation is 1. The van der Waals surface area contributed by atoms with E-state index < -0.39 is 29.2 Å². The van der Waals surface area contributed by atoms with Crippen molar-refractivity contribution in [3.8, 4) is 0 Å². The molecular weight excluding hydrogens is 492 g/mol. The molecule has 2 amide bonds. The van der Waals surface area contributed by atoms with Crippen LogP contribution in [0.3, 0.4) is 0 Å². The second-order valence-electron chi connectivity index (χ2n) is 8.26. The van der Waals surface area contributed by atoms with Crippen LogP contribution in [0.5, 0.6) is 0 Å². The third-order valence-electron chi connectivity index (χ3n) is 6.19. The summed E-state index contributed by atoms with van der Waals surface area (Å²) in [7, 11) is 1.29. The SMILES string of the molecule is CO/N=C(/C(=O)N[C@H]1C(=O)N2C(C(=O)[O-])=C(C[n+]3cccc4c3CCC4)CS[C@@H]12)c1csc(N)n1. The lowest BCUT2D eigenvalue weighted by Gasteiger charge is -2.50. The zero-order chi connectivity index (χ0) is 24.7. The Labute approximate surface area is 208 Å². The van der Waals surface area contributed by atoms with Gasteiger partial charge >= 0.3 is 0 Å². The maximum absolute atomic E-state index is 13.0. The summed E-state index contributed by atoms with van der Waals surface area (Å²) in [5, 5.41) is 19.7. The van der Waals surface area contributed by atoms with Gasteiger partial charge in [0.25, 0.3) is 11.8 Å². The first-order chi connectivity index (χ1) is 16.9. The molecule has 11 nitrogen and oxygen atoms in total. The van der Waals surface area contributed by atoms with Crippen molar-refractivity contribution in [1.29, 1.82) is 0 Å². The highest BCUT2D eigenvalue weighted by molar-refractivity contribution is 8.00. The number of β-lactam (4-membered cyclic amide) rings is 1. The van der Waals surface area contributed by atoms with Gasteiger partial charge in [-0.25, -0.2) is 4.98 Å². The topological polar surface area (TPSA) is 154 Å². The number of rotatable bonds is 7. The molecule has 0 radical (unpaired) electrons. The number of aromatic nitrogens is 2.